The Labute approximate surface area is 106 Å². The largest absolute Gasteiger partial charge is 0.493 e. The minimum absolute atomic E-state index is 0.697. The van der Waals surface area contributed by atoms with Gasteiger partial charge >= 0.3 is 0 Å². The van der Waals surface area contributed by atoms with Crippen molar-refractivity contribution in [1.29, 1.82) is 0 Å². The summed E-state index contributed by atoms with van der Waals surface area (Å²) in [7, 11) is 0. The highest BCUT2D eigenvalue weighted by atomic mass is 35.5. The van der Waals surface area contributed by atoms with Crippen molar-refractivity contribution in [2.45, 2.75) is 12.8 Å². The van der Waals surface area contributed by atoms with Crippen molar-refractivity contribution in [3.8, 4) is 5.75 Å². The molecule has 0 aliphatic rings. The van der Waals surface area contributed by atoms with Gasteiger partial charge in [-0.05, 0) is 31.5 Å². The van der Waals surface area contributed by atoms with E-state index in [-0.39, 0.29) is 0 Å². The first kappa shape index (κ1) is 12.2. The van der Waals surface area contributed by atoms with Gasteiger partial charge in [-0.15, -0.1) is 0 Å². The van der Waals surface area contributed by atoms with E-state index in [4.69, 9.17) is 22.1 Å². The smallest absolute Gasteiger partial charge is 0.127 e. The van der Waals surface area contributed by atoms with Crippen LogP contribution in [-0.4, -0.2) is 13.2 Å². The quantitative estimate of drug-likeness (QED) is 0.822. The van der Waals surface area contributed by atoms with Gasteiger partial charge in [0.25, 0.3) is 0 Å². The summed E-state index contributed by atoms with van der Waals surface area (Å²) in [6, 6.07) is 11.8. The normalized spacial score (nSPS) is 10.7. The zero-order valence-electron chi connectivity index (χ0n) is 9.66. The highest BCUT2D eigenvalue weighted by Gasteiger charge is 2.04. The second kappa shape index (κ2) is 5.89. The summed E-state index contributed by atoms with van der Waals surface area (Å²) in [5.41, 5.74) is 5.45. The minimum atomic E-state index is 0.697. The van der Waals surface area contributed by atoms with Crippen molar-refractivity contribution in [1.82, 2.24) is 0 Å². The van der Waals surface area contributed by atoms with E-state index < -0.39 is 0 Å². The first-order chi connectivity index (χ1) is 8.33. The van der Waals surface area contributed by atoms with Gasteiger partial charge in [0.2, 0.25) is 0 Å². The zero-order valence-corrected chi connectivity index (χ0v) is 10.4. The van der Waals surface area contributed by atoms with Gasteiger partial charge in [-0.25, -0.2) is 0 Å². The molecule has 0 amide bonds. The molecule has 0 spiro atoms. The van der Waals surface area contributed by atoms with Crippen LogP contribution in [0.1, 0.15) is 12.8 Å². The molecule has 0 aromatic heterocycles. The highest BCUT2D eigenvalue weighted by molar-refractivity contribution is 6.35. The zero-order chi connectivity index (χ0) is 12.1. The lowest BCUT2D eigenvalue weighted by atomic mass is 10.1. The molecule has 0 radical (unpaired) electrons. The summed E-state index contributed by atoms with van der Waals surface area (Å²) >= 11 is 6.14. The van der Waals surface area contributed by atoms with Gasteiger partial charge in [-0.2, -0.15) is 0 Å². The van der Waals surface area contributed by atoms with Crippen molar-refractivity contribution in [3.63, 3.8) is 0 Å². The van der Waals surface area contributed by atoms with Gasteiger partial charge in [-0.3, -0.25) is 0 Å². The Morgan fingerprint density at radius 3 is 2.53 bits per heavy atom. The van der Waals surface area contributed by atoms with E-state index in [1.165, 1.54) is 0 Å². The molecule has 3 heteroatoms. The van der Waals surface area contributed by atoms with Crippen LogP contribution in [0.25, 0.3) is 10.8 Å². The van der Waals surface area contributed by atoms with E-state index in [0.29, 0.717) is 13.2 Å². The van der Waals surface area contributed by atoms with Gasteiger partial charge in [0.15, 0.2) is 0 Å². The predicted octanol–water partition coefficient (Wildman–Crippen LogP) is 3.61. The fourth-order valence-electron chi connectivity index (χ4n) is 1.79. The summed E-state index contributed by atoms with van der Waals surface area (Å²) in [6.45, 7) is 1.41. The topological polar surface area (TPSA) is 35.2 Å². The van der Waals surface area contributed by atoms with E-state index in [2.05, 4.69) is 0 Å². The molecular weight excluding hydrogens is 234 g/mol. The molecule has 2 rings (SSSR count). The average molecular weight is 250 g/mol. The van der Waals surface area contributed by atoms with Crippen molar-refractivity contribution >= 4 is 22.4 Å². The van der Waals surface area contributed by atoms with Crippen LogP contribution < -0.4 is 10.5 Å². The van der Waals surface area contributed by atoms with Gasteiger partial charge in [0, 0.05) is 15.8 Å². The lowest BCUT2D eigenvalue weighted by Crippen LogP contribution is -2.03. The van der Waals surface area contributed by atoms with Crippen LogP contribution in [0.4, 0.5) is 0 Å². The van der Waals surface area contributed by atoms with Crippen molar-refractivity contribution < 1.29 is 4.74 Å². The third-order valence-corrected chi connectivity index (χ3v) is 3.02. The standard InChI is InChI=1S/C14H16ClNO/c15-13-7-8-14(17-10-4-3-9-16)12-6-2-1-5-11(12)13/h1-2,5-8H,3-4,9-10,16H2. The Hall–Kier alpha value is -1.25. The molecule has 2 nitrogen and oxygen atoms in total. The summed E-state index contributed by atoms with van der Waals surface area (Å²) in [6.07, 6.45) is 1.97. The first-order valence-corrected chi connectivity index (χ1v) is 6.21. The van der Waals surface area contributed by atoms with Crippen LogP contribution in [0, 0.1) is 0 Å². The predicted molar refractivity (Wildman–Crippen MR) is 72.7 cm³/mol. The molecule has 0 unspecified atom stereocenters. The van der Waals surface area contributed by atoms with Gasteiger partial charge in [-0.1, -0.05) is 35.9 Å². The molecule has 17 heavy (non-hydrogen) atoms. The number of rotatable bonds is 5. The van der Waals surface area contributed by atoms with Crippen LogP contribution in [0.2, 0.25) is 5.02 Å². The van der Waals surface area contributed by atoms with Crippen LogP contribution in [0.3, 0.4) is 0 Å². The van der Waals surface area contributed by atoms with Crippen LogP contribution in [-0.2, 0) is 0 Å². The lowest BCUT2D eigenvalue weighted by molar-refractivity contribution is 0.311. The summed E-state index contributed by atoms with van der Waals surface area (Å²) in [5, 5.41) is 2.85. The third-order valence-electron chi connectivity index (χ3n) is 2.69. The summed E-state index contributed by atoms with van der Waals surface area (Å²) in [5.74, 6) is 0.891. The second-order valence-electron chi connectivity index (χ2n) is 3.94. The van der Waals surface area contributed by atoms with E-state index in [1.54, 1.807) is 0 Å². The van der Waals surface area contributed by atoms with Gasteiger partial charge < -0.3 is 10.5 Å². The maximum atomic E-state index is 6.14. The Morgan fingerprint density at radius 1 is 1.00 bits per heavy atom. The average Bonchev–Trinajstić information content (AvgIpc) is 2.37. The van der Waals surface area contributed by atoms with E-state index in [1.807, 2.05) is 36.4 Å². The number of nitrogens with two attached hydrogens (primary N) is 1. The number of ether oxygens (including phenoxy) is 1. The molecule has 90 valence electrons. The number of hydrogen-bond donors (Lipinski definition) is 1. The fourth-order valence-corrected chi connectivity index (χ4v) is 2.02. The number of hydrogen-bond acceptors (Lipinski definition) is 2. The second-order valence-corrected chi connectivity index (χ2v) is 4.34. The molecule has 0 atom stereocenters. The van der Waals surface area contributed by atoms with E-state index >= 15 is 0 Å². The number of unbranched alkanes of at least 4 members (excludes halogenated alkanes) is 1. The fraction of sp³-hybridized carbons (Fsp3) is 0.286. The molecule has 2 N–H and O–H groups in total. The van der Waals surface area contributed by atoms with Gasteiger partial charge in [0.1, 0.15) is 5.75 Å². The molecule has 0 heterocycles. The van der Waals surface area contributed by atoms with Crippen molar-refractivity contribution in [2.24, 2.45) is 5.73 Å². The van der Waals surface area contributed by atoms with Crippen LogP contribution >= 0.6 is 11.6 Å². The summed E-state index contributed by atoms with van der Waals surface area (Å²) < 4.78 is 5.76. The Kier molecular flexibility index (Phi) is 4.24. The maximum absolute atomic E-state index is 6.14. The molecule has 0 saturated heterocycles. The van der Waals surface area contributed by atoms with Crippen LogP contribution in [0.5, 0.6) is 5.75 Å². The Bertz CT molecular complexity index is 499. The van der Waals surface area contributed by atoms with Crippen LogP contribution in [0.15, 0.2) is 36.4 Å². The summed E-state index contributed by atoms with van der Waals surface area (Å²) in [4.78, 5) is 0. The lowest BCUT2D eigenvalue weighted by Gasteiger charge is -2.10. The maximum Gasteiger partial charge on any atom is 0.127 e. The van der Waals surface area contributed by atoms with Gasteiger partial charge in [0.05, 0.1) is 6.61 Å². The third kappa shape index (κ3) is 2.90. The minimum Gasteiger partial charge on any atom is -0.493 e. The molecule has 0 saturated carbocycles. The van der Waals surface area contributed by atoms with Crippen molar-refractivity contribution in [3.05, 3.63) is 41.4 Å². The molecule has 0 fully saturated rings. The molecule has 2 aromatic carbocycles. The molecule has 0 aliphatic heterocycles. The SMILES string of the molecule is NCCCCOc1ccc(Cl)c2ccccc12. The molecular formula is C14H16ClNO. The Morgan fingerprint density at radius 2 is 1.76 bits per heavy atom. The number of benzene rings is 2. The molecule has 0 bridgehead atoms. The van der Waals surface area contributed by atoms with Crippen molar-refractivity contribution in [2.75, 3.05) is 13.2 Å². The highest BCUT2D eigenvalue weighted by Crippen LogP contribution is 2.31. The van der Waals surface area contributed by atoms with E-state index in [9.17, 15) is 0 Å². The van der Waals surface area contributed by atoms with E-state index in [0.717, 1.165) is 34.4 Å². The first-order valence-electron chi connectivity index (χ1n) is 5.83. The molecule has 0 aliphatic carbocycles. The molecule has 2 aromatic rings. The number of halogens is 1. The Balaban J connectivity index is 2.20. The monoisotopic (exact) mass is 249 g/mol. The number of fused-ring (bicyclic) bond motifs is 1.